The molecule has 8 heteroatoms. The van der Waals surface area contributed by atoms with Gasteiger partial charge in [0, 0.05) is 12.1 Å². The van der Waals surface area contributed by atoms with E-state index in [-0.39, 0.29) is 17.3 Å². The maximum Gasteiger partial charge on any atom is 0.244 e. The Kier molecular flexibility index (Phi) is 5.46. The molecule has 6 nitrogen and oxygen atoms in total. The Morgan fingerprint density at radius 1 is 1.22 bits per heavy atom. The maximum absolute atomic E-state index is 12.6. The highest BCUT2D eigenvalue weighted by Gasteiger charge is 2.37. The van der Waals surface area contributed by atoms with Crippen molar-refractivity contribution in [1.82, 2.24) is 14.5 Å². The van der Waals surface area contributed by atoms with Crippen molar-refractivity contribution in [3.63, 3.8) is 0 Å². The van der Waals surface area contributed by atoms with Crippen LogP contribution >= 0.6 is 12.4 Å². The van der Waals surface area contributed by atoms with Gasteiger partial charge < -0.3 is 5.73 Å². The maximum atomic E-state index is 12.6. The van der Waals surface area contributed by atoms with Crippen LogP contribution in [0.1, 0.15) is 25.7 Å². The largest absolute Gasteiger partial charge is 0.329 e. The molecular weight excluding hydrogens is 336 g/mol. The number of sulfonamides is 1. The minimum absolute atomic E-state index is 0. The van der Waals surface area contributed by atoms with Gasteiger partial charge in [-0.3, -0.25) is 0 Å². The lowest BCUT2D eigenvalue weighted by atomic mass is 10.0. The fourth-order valence-electron chi connectivity index (χ4n) is 2.91. The van der Waals surface area contributed by atoms with E-state index in [4.69, 9.17) is 5.73 Å². The van der Waals surface area contributed by atoms with E-state index >= 15 is 0 Å². The number of aromatic nitrogens is 2. The molecule has 1 saturated carbocycles. The number of para-hydroxylation sites is 1. The quantitative estimate of drug-likeness (QED) is 0.855. The van der Waals surface area contributed by atoms with Gasteiger partial charge in [-0.2, -0.15) is 5.10 Å². The Labute approximate surface area is 142 Å². The molecule has 1 aliphatic carbocycles. The molecule has 0 saturated heterocycles. The molecule has 1 aromatic heterocycles. The van der Waals surface area contributed by atoms with Crippen LogP contribution in [0, 0.1) is 0 Å². The van der Waals surface area contributed by atoms with Crippen LogP contribution in [0.3, 0.4) is 0 Å². The summed E-state index contributed by atoms with van der Waals surface area (Å²) in [6.45, 7) is 0.319. The first-order valence-electron chi connectivity index (χ1n) is 7.39. The van der Waals surface area contributed by atoms with Crippen LogP contribution in [-0.2, 0) is 10.0 Å². The summed E-state index contributed by atoms with van der Waals surface area (Å²) in [5, 5.41) is 4.14. The Balaban J connectivity index is 0.00000192. The summed E-state index contributed by atoms with van der Waals surface area (Å²) in [5.41, 5.74) is 6.11. The molecule has 1 heterocycles. The number of hydrogen-bond donors (Lipinski definition) is 2. The summed E-state index contributed by atoms with van der Waals surface area (Å²) in [7, 11) is -3.61. The SMILES string of the molecule is Cl.NCC1(NS(=O)(=O)c2cnn(-c3ccccc3)c2)CCCC1. The second kappa shape index (κ2) is 7.00. The van der Waals surface area contributed by atoms with E-state index in [1.165, 1.54) is 12.4 Å². The monoisotopic (exact) mass is 356 g/mol. The fraction of sp³-hybridized carbons (Fsp3) is 0.400. The topological polar surface area (TPSA) is 90.0 Å². The van der Waals surface area contributed by atoms with Crippen molar-refractivity contribution in [2.75, 3.05) is 6.54 Å². The highest BCUT2D eigenvalue weighted by atomic mass is 35.5. The normalized spacial score (nSPS) is 16.9. The molecule has 1 aromatic carbocycles. The van der Waals surface area contributed by atoms with Gasteiger partial charge in [0.2, 0.25) is 10.0 Å². The molecule has 0 spiro atoms. The third-order valence-corrected chi connectivity index (χ3v) is 5.73. The van der Waals surface area contributed by atoms with E-state index in [1.54, 1.807) is 4.68 Å². The first-order valence-corrected chi connectivity index (χ1v) is 8.87. The van der Waals surface area contributed by atoms with Crippen molar-refractivity contribution in [2.45, 2.75) is 36.1 Å². The molecule has 0 unspecified atom stereocenters. The number of hydrogen-bond acceptors (Lipinski definition) is 4. The molecule has 3 rings (SSSR count). The van der Waals surface area contributed by atoms with Gasteiger partial charge in [0.1, 0.15) is 4.90 Å². The summed E-state index contributed by atoms with van der Waals surface area (Å²) in [4.78, 5) is 0.163. The number of halogens is 1. The average Bonchev–Trinajstić information content (AvgIpc) is 3.18. The third kappa shape index (κ3) is 3.74. The van der Waals surface area contributed by atoms with E-state index in [2.05, 4.69) is 9.82 Å². The summed E-state index contributed by atoms with van der Waals surface area (Å²) >= 11 is 0. The van der Waals surface area contributed by atoms with E-state index in [1.807, 2.05) is 30.3 Å². The number of rotatable bonds is 5. The molecule has 23 heavy (non-hydrogen) atoms. The Hall–Kier alpha value is -1.41. The predicted octanol–water partition coefficient (Wildman–Crippen LogP) is 1.84. The Morgan fingerprint density at radius 3 is 2.48 bits per heavy atom. The molecule has 126 valence electrons. The van der Waals surface area contributed by atoms with Crippen molar-refractivity contribution in [3.8, 4) is 5.69 Å². The van der Waals surface area contributed by atoms with Gasteiger partial charge in [-0.15, -0.1) is 12.4 Å². The molecule has 0 aliphatic heterocycles. The lowest BCUT2D eigenvalue weighted by Gasteiger charge is -2.27. The van der Waals surface area contributed by atoms with E-state index in [0.717, 1.165) is 31.4 Å². The number of nitrogens with two attached hydrogens (primary N) is 1. The molecule has 0 amide bonds. The summed E-state index contributed by atoms with van der Waals surface area (Å²) < 4.78 is 29.5. The van der Waals surface area contributed by atoms with Gasteiger partial charge >= 0.3 is 0 Å². The van der Waals surface area contributed by atoms with Crippen molar-refractivity contribution in [2.24, 2.45) is 5.73 Å². The number of benzene rings is 1. The van der Waals surface area contributed by atoms with Crippen LogP contribution in [0.25, 0.3) is 5.69 Å². The first-order chi connectivity index (χ1) is 10.5. The average molecular weight is 357 g/mol. The summed E-state index contributed by atoms with van der Waals surface area (Å²) in [6.07, 6.45) is 6.47. The lowest BCUT2D eigenvalue weighted by molar-refractivity contribution is 0.399. The molecule has 0 radical (unpaired) electrons. The first kappa shape index (κ1) is 17.9. The highest BCUT2D eigenvalue weighted by Crippen LogP contribution is 2.30. The standard InChI is InChI=1S/C15H20N4O2S.ClH/c16-12-15(8-4-5-9-15)18-22(20,21)14-10-17-19(11-14)13-6-2-1-3-7-13;/h1-3,6-7,10-11,18H,4-5,8-9,12,16H2;1H. The van der Waals surface area contributed by atoms with Gasteiger partial charge in [-0.05, 0) is 25.0 Å². The number of nitrogens with one attached hydrogen (secondary N) is 1. The van der Waals surface area contributed by atoms with Crippen molar-refractivity contribution in [1.29, 1.82) is 0 Å². The zero-order chi connectivity index (χ0) is 15.6. The van der Waals surface area contributed by atoms with Crippen molar-refractivity contribution in [3.05, 3.63) is 42.7 Å². The van der Waals surface area contributed by atoms with E-state index in [0.29, 0.717) is 6.54 Å². The Bertz CT molecular complexity index is 740. The van der Waals surface area contributed by atoms with Gasteiger partial charge in [0.15, 0.2) is 0 Å². The van der Waals surface area contributed by atoms with E-state index < -0.39 is 15.6 Å². The molecule has 1 fully saturated rings. The van der Waals surface area contributed by atoms with Crippen LogP contribution in [0.2, 0.25) is 0 Å². The van der Waals surface area contributed by atoms with Crippen molar-refractivity contribution < 1.29 is 8.42 Å². The van der Waals surface area contributed by atoms with Gasteiger partial charge in [-0.25, -0.2) is 17.8 Å². The minimum atomic E-state index is -3.61. The second-order valence-electron chi connectivity index (χ2n) is 5.75. The summed E-state index contributed by atoms with van der Waals surface area (Å²) in [6, 6.07) is 9.40. The van der Waals surface area contributed by atoms with Crippen LogP contribution in [0.15, 0.2) is 47.6 Å². The lowest BCUT2D eigenvalue weighted by Crippen LogP contribution is -2.51. The molecule has 0 bridgehead atoms. The molecule has 2 aromatic rings. The predicted molar refractivity (Wildman–Crippen MR) is 91.4 cm³/mol. The highest BCUT2D eigenvalue weighted by molar-refractivity contribution is 7.89. The molecule has 1 aliphatic rings. The van der Waals surface area contributed by atoms with Crippen LogP contribution in [0.5, 0.6) is 0 Å². The molecule has 0 atom stereocenters. The number of nitrogens with zero attached hydrogens (tertiary/aromatic N) is 2. The van der Waals surface area contributed by atoms with Crippen LogP contribution in [0.4, 0.5) is 0 Å². The zero-order valence-electron chi connectivity index (χ0n) is 12.7. The summed E-state index contributed by atoms with van der Waals surface area (Å²) in [5.74, 6) is 0. The Morgan fingerprint density at radius 2 is 1.87 bits per heavy atom. The zero-order valence-corrected chi connectivity index (χ0v) is 14.3. The minimum Gasteiger partial charge on any atom is -0.329 e. The second-order valence-corrected chi connectivity index (χ2v) is 7.44. The molecule has 3 N–H and O–H groups in total. The van der Waals surface area contributed by atoms with Gasteiger partial charge in [-0.1, -0.05) is 31.0 Å². The third-order valence-electron chi connectivity index (χ3n) is 4.19. The van der Waals surface area contributed by atoms with E-state index in [9.17, 15) is 8.42 Å². The van der Waals surface area contributed by atoms with Gasteiger partial charge in [0.25, 0.3) is 0 Å². The fourth-order valence-corrected chi connectivity index (χ4v) is 4.31. The van der Waals surface area contributed by atoms with Crippen LogP contribution < -0.4 is 10.5 Å². The molecular formula is C15H21ClN4O2S. The van der Waals surface area contributed by atoms with Crippen molar-refractivity contribution >= 4 is 22.4 Å². The van der Waals surface area contributed by atoms with Gasteiger partial charge in [0.05, 0.1) is 18.1 Å². The smallest absolute Gasteiger partial charge is 0.244 e. The van der Waals surface area contributed by atoms with Crippen LogP contribution in [-0.4, -0.2) is 30.3 Å².